The van der Waals surface area contributed by atoms with Gasteiger partial charge in [-0.3, -0.25) is 0 Å². The van der Waals surface area contributed by atoms with Gasteiger partial charge in [-0.05, 0) is 24.4 Å². The van der Waals surface area contributed by atoms with Gasteiger partial charge in [-0.15, -0.1) is 11.3 Å². The number of pyridine rings is 1. The van der Waals surface area contributed by atoms with Crippen LogP contribution < -0.4 is 9.88 Å². The van der Waals surface area contributed by atoms with Gasteiger partial charge in [0, 0.05) is 22.1 Å². The van der Waals surface area contributed by atoms with Crippen molar-refractivity contribution in [2.45, 2.75) is 24.6 Å². The van der Waals surface area contributed by atoms with Crippen molar-refractivity contribution in [1.29, 1.82) is 10.5 Å². The zero-order valence-corrected chi connectivity index (χ0v) is 18.0. The summed E-state index contributed by atoms with van der Waals surface area (Å²) in [7, 11) is 0. The molecule has 2 N–H and O–H groups in total. The molecule has 0 radical (unpaired) electrons. The van der Waals surface area contributed by atoms with Gasteiger partial charge in [0.1, 0.15) is 6.07 Å². The first kappa shape index (κ1) is 21.2. The zero-order chi connectivity index (χ0) is 22.7. The summed E-state index contributed by atoms with van der Waals surface area (Å²) in [5.74, 6) is 1.28. The number of rotatable bonds is 4. The van der Waals surface area contributed by atoms with Crippen molar-refractivity contribution < 1.29 is 9.67 Å². The Morgan fingerprint density at radius 2 is 1.94 bits per heavy atom. The SMILES string of the molecule is Cc1ccc[n+]([C@H]2[C@H](c3cccs3)C(C#N)=C(C(=C=[N-])C#N)N[C@]2(O)c2ccccc2)c1. The fourth-order valence-electron chi connectivity index (χ4n) is 4.22. The molecule has 1 aromatic carbocycles. The first-order valence-corrected chi connectivity index (χ1v) is 10.8. The van der Waals surface area contributed by atoms with Gasteiger partial charge >= 0.3 is 0 Å². The summed E-state index contributed by atoms with van der Waals surface area (Å²) in [5, 5.41) is 46.5. The molecule has 6 nitrogen and oxygen atoms in total. The highest BCUT2D eigenvalue weighted by atomic mass is 32.1. The van der Waals surface area contributed by atoms with Crippen molar-refractivity contribution in [3.63, 3.8) is 0 Å². The minimum Gasteiger partial charge on any atom is -0.762 e. The van der Waals surface area contributed by atoms with Crippen LogP contribution in [0, 0.1) is 29.6 Å². The molecule has 3 aromatic rings. The van der Waals surface area contributed by atoms with E-state index >= 15 is 0 Å². The Morgan fingerprint density at radius 3 is 2.53 bits per heavy atom. The molecule has 0 fully saturated rings. The lowest BCUT2D eigenvalue weighted by atomic mass is 9.75. The molecule has 0 spiro atoms. The number of hydrogen-bond acceptors (Lipinski definition) is 5. The molecule has 32 heavy (non-hydrogen) atoms. The number of nitrogens with zero attached hydrogens (tertiary/aromatic N) is 4. The predicted octanol–water partition coefficient (Wildman–Crippen LogP) is 3.58. The molecule has 1 aliphatic rings. The maximum atomic E-state index is 12.2. The fraction of sp³-hybridized carbons (Fsp3) is 0.160. The Bertz CT molecular complexity index is 1310. The van der Waals surface area contributed by atoms with Crippen LogP contribution in [0.5, 0.6) is 0 Å². The number of aryl methyl sites for hydroxylation is 1. The third kappa shape index (κ3) is 3.51. The van der Waals surface area contributed by atoms with E-state index in [0.29, 0.717) is 5.56 Å². The Morgan fingerprint density at radius 1 is 1.16 bits per heavy atom. The van der Waals surface area contributed by atoms with E-state index in [2.05, 4.69) is 11.4 Å². The van der Waals surface area contributed by atoms with E-state index in [1.807, 2.05) is 83.7 Å². The molecule has 3 atom stereocenters. The molecule has 4 rings (SSSR count). The molecular formula is C25H19N5OS. The Kier molecular flexibility index (Phi) is 5.73. The van der Waals surface area contributed by atoms with Crippen LogP contribution in [-0.4, -0.2) is 11.0 Å². The van der Waals surface area contributed by atoms with Crippen molar-refractivity contribution >= 4 is 17.2 Å². The van der Waals surface area contributed by atoms with Gasteiger partial charge in [0.05, 0.1) is 28.8 Å². The van der Waals surface area contributed by atoms with Crippen LogP contribution in [0.2, 0.25) is 0 Å². The summed E-state index contributed by atoms with van der Waals surface area (Å²) in [6.45, 7) is 1.96. The van der Waals surface area contributed by atoms with E-state index in [0.717, 1.165) is 10.4 Å². The van der Waals surface area contributed by atoms with E-state index < -0.39 is 17.7 Å². The molecule has 0 amide bonds. The van der Waals surface area contributed by atoms with Crippen molar-refractivity contribution in [3.8, 4) is 12.1 Å². The number of allylic oxidation sites excluding steroid dienone is 2. The average molecular weight is 438 g/mol. The van der Waals surface area contributed by atoms with Gasteiger partial charge in [-0.2, -0.15) is 15.1 Å². The van der Waals surface area contributed by atoms with Crippen LogP contribution in [0.15, 0.2) is 89.2 Å². The van der Waals surface area contributed by atoms with Gasteiger partial charge < -0.3 is 15.8 Å². The lowest BCUT2D eigenvalue weighted by Crippen LogP contribution is -2.62. The highest BCUT2D eigenvalue weighted by Gasteiger charge is 2.56. The number of aromatic nitrogens is 1. The van der Waals surface area contributed by atoms with E-state index in [9.17, 15) is 21.0 Å². The minimum atomic E-state index is -1.71. The second-order valence-corrected chi connectivity index (χ2v) is 8.50. The first-order chi connectivity index (χ1) is 15.5. The normalized spacial score (nSPS) is 22.2. The number of thiophene rings is 1. The van der Waals surface area contributed by atoms with E-state index in [4.69, 9.17) is 0 Å². The summed E-state index contributed by atoms with van der Waals surface area (Å²) < 4.78 is 1.90. The number of benzene rings is 1. The molecule has 0 bridgehead atoms. The van der Waals surface area contributed by atoms with E-state index in [1.165, 1.54) is 11.3 Å². The topological polar surface area (TPSA) is 106 Å². The summed E-state index contributed by atoms with van der Waals surface area (Å²) in [5.41, 5.74) is -0.0991. The van der Waals surface area contributed by atoms with Gasteiger partial charge in [0.2, 0.25) is 11.8 Å². The molecule has 0 saturated heterocycles. The largest absolute Gasteiger partial charge is 0.762 e. The molecule has 0 aliphatic carbocycles. The second-order valence-electron chi connectivity index (χ2n) is 7.52. The predicted molar refractivity (Wildman–Crippen MR) is 121 cm³/mol. The maximum absolute atomic E-state index is 12.2. The molecular weight excluding hydrogens is 418 g/mol. The van der Waals surface area contributed by atoms with Crippen molar-refractivity contribution in [2.75, 3.05) is 0 Å². The Labute approximate surface area is 190 Å². The highest BCUT2D eigenvalue weighted by Crippen LogP contribution is 2.48. The fourth-order valence-corrected chi connectivity index (χ4v) is 5.09. The number of aliphatic hydroxyl groups is 1. The Balaban J connectivity index is 2.10. The van der Waals surface area contributed by atoms with Crippen molar-refractivity contribution in [1.82, 2.24) is 5.32 Å². The second kappa shape index (κ2) is 8.63. The van der Waals surface area contributed by atoms with Crippen LogP contribution in [0.4, 0.5) is 0 Å². The minimum absolute atomic E-state index is 0.0618. The molecule has 0 unspecified atom stereocenters. The zero-order valence-electron chi connectivity index (χ0n) is 17.2. The third-order valence-corrected chi connectivity index (χ3v) is 6.54. The van der Waals surface area contributed by atoms with Crippen molar-refractivity contribution in [2.24, 2.45) is 0 Å². The average Bonchev–Trinajstić information content (AvgIpc) is 3.35. The summed E-state index contributed by atoms with van der Waals surface area (Å²) in [4.78, 5) is 0.851. The quantitative estimate of drug-likeness (QED) is 0.370. The van der Waals surface area contributed by atoms with Crippen LogP contribution in [-0.2, 0) is 5.72 Å². The van der Waals surface area contributed by atoms with Gasteiger partial charge in [-0.1, -0.05) is 36.4 Å². The van der Waals surface area contributed by atoms with Crippen molar-refractivity contribution in [3.05, 3.63) is 111 Å². The molecule has 156 valence electrons. The van der Waals surface area contributed by atoms with E-state index in [1.54, 1.807) is 12.1 Å². The van der Waals surface area contributed by atoms with Gasteiger partial charge in [-0.25, -0.2) is 5.87 Å². The molecule has 0 saturated carbocycles. The molecule has 2 aromatic heterocycles. The number of hydrogen-bond donors (Lipinski definition) is 2. The lowest BCUT2D eigenvalue weighted by Gasteiger charge is -2.42. The van der Waals surface area contributed by atoms with E-state index in [-0.39, 0.29) is 16.8 Å². The highest BCUT2D eigenvalue weighted by molar-refractivity contribution is 7.10. The standard InChI is InChI=1S/C25H19N5OS/c1-17-7-5-11-30(16-17)24-22(21-10-6-12-32-21)20(15-28)23(18(13-26)14-27)29-25(24,31)19-8-3-2-4-9-19/h2-12,16,22,24,29,31H,1H3/t22-,24-,25-/m0/s1. The lowest BCUT2D eigenvalue weighted by molar-refractivity contribution is -0.744. The molecule has 7 heteroatoms. The summed E-state index contributed by atoms with van der Waals surface area (Å²) in [6.07, 6.45) is 3.77. The summed E-state index contributed by atoms with van der Waals surface area (Å²) >= 11 is 1.46. The van der Waals surface area contributed by atoms with Crippen LogP contribution in [0.3, 0.4) is 0 Å². The third-order valence-electron chi connectivity index (χ3n) is 5.59. The Hall–Kier alpha value is -4.00. The maximum Gasteiger partial charge on any atom is 0.227 e. The van der Waals surface area contributed by atoms with Crippen LogP contribution >= 0.6 is 11.3 Å². The number of nitrogens with one attached hydrogen (secondary N) is 1. The summed E-state index contributed by atoms with van der Waals surface area (Å²) in [6, 6.07) is 20.1. The first-order valence-electron chi connectivity index (χ1n) is 9.92. The molecule has 1 aliphatic heterocycles. The van der Waals surface area contributed by atoms with Crippen LogP contribution in [0.25, 0.3) is 5.41 Å². The van der Waals surface area contributed by atoms with Gasteiger partial charge in [0.15, 0.2) is 12.4 Å². The molecule has 3 heterocycles. The van der Waals surface area contributed by atoms with Crippen LogP contribution in [0.1, 0.15) is 28.0 Å². The monoisotopic (exact) mass is 437 g/mol. The number of nitriles is 2. The van der Waals surface area contributed by atoms with Gasteiger partial charge in [0.25, 0.3) is 0 Å². The smallest absolute Gasteiger partial charge is 0.227 e.